The topological polar surface area (TPSA) is 56.1 Å². The van der Waals surface area contributed by atoms with Gasteiger partial charge in [-0.2, -0.15) is 5.10 Å². The van der Waals surface area contributed by atoms with Crippen molar-refractivity contribution in [3.05, 3.63) is 82.2 Å². The van der Waals surface area contributed by atoms with Crippen LogP contribution in [0.1, 0.15) is 47.0 Å². The third kappa shape index (κ3) is 6.20. The first-order chi connectivity index (χ1) is 14.9. The van der Waals surface area contributed by atoms with Crippen LogP contribution in [0.5, 0.6) is 5.75 Å². The van der Waals surface area contributed by atoms with Crippen LogP contribution in [-0.4, -0.2) is 28.8 Å². The van der Waals surface area contributed by atoms with Crippen LogP contribution in [0.2, 0.25) is 0 Å². The predicted octanol–water partition coefficient (Wildman–Crippen LogP) is 4.55. The Labute approximate surface area is 185 Å². The van der Waals surface area contributed by atoms with Crippen LogP contribution in [0.15, 0.2) is 48.5 Å². The number of benzene rings is 2. The summed E-state index contributed by atoms with van der Waals surface area (Å²) in [7, 11) is 1.66. The van der Waals surface area contributed by atoms with Crippen molar-refractivity contribution < 1.29 is 9.53 Å². The highest BCUT2D eigenvalue weighted by Gasteiger charge is 2.15. The van der Waals surface area contributed by atoms with E-state index in [0.717, 1.165) is 35.7 Å². The van der Waals surface area contributed by atoms with E-state index in [4.69, 9.17) is 9.84 Å². The molecule has 0 bridgehead atoms. The molecule has 0 radical (unpaired) electrons. The summed E-state index contributed by atoms with van der Waals surface area (Å²) in [5.41, 5.74) is 6.94. The van der Waals surface area contributed by atoms with Crippen LogP contribution in [0.4, 0.5) is 0 Å². The molecule has 0 saturated carbocycles. The summed E-state index contributed by atoms with van der Waals surface area (Å²) in [6, 6.07) is 16.6. The third-order valence-corrected chi connectivity index (χ3v) is 5.67. The van der Waals surface area contributed by atoms with Crippen molar-refractivity contribution in [1.82, 2.24) is 15.1 Å². The third-order valence-electron chi connectivity index (χ3n) is 5.67. The molecule has 1 unspecified atom stereocenters. The number of nitrogens with zero attached hydrogens (tertiary/aromatic N) is 2. The first-order valence-corrected chi connectivity index (χ1v) is 10.9. The molecule has 0 fully saturated rings. The highest BCUT2D eigenvalue weighted by molar-refractivity contribution is 5.76. The minimum absolute atomic E-state index is 0.0612. The Kier molecular flexibility index (Phi) is 7.50. The van der Waals surface area contributed by atoms with E-state index >= 15 is 0 Å². The van der Waals surface area contributed by atoms with Gasteiger partial charge in [0, 0.05) is 18.2 Å². The molecule has 1 aromatic heterocycles. The van der Waals surface area contributed by atoms with Crippen LogP contribution >= 0.6 is 0 Å². The number of rotatable bonds is 9. The predicted molar refractivity (Wildman–Crippen MR) is 125 cm³/mol. The van der Waals surface area contributed by atoms with E-state index in [-0.39, 0.29) is 11.9 Å². The van der Waals surface area contributed by atoms with Crippen LogP contribution in [0.3, 0.4) is 0 Å². The van der Waals surface area contributed by atoms with E-state index in [1.807, 2.05) is 36.7 Å². The van der Waals surface area contributed by atoms with Gasteiger partial charge < -0.3 is 10.1 Å². The molecule has 1 N–H and O–H groups in total. The highest BCUT2D eigenvalue weighted by Crippen LogP contribution is 2.18. The van der Waals surface area contributed by atoms with Crippen molar-refractivity contribution in [2.45, 2.75) is 59.5 Å². The highest BCUT2D eigenvalue weighted by atomic mass is 16.5. The molecule has 1 heterocycles. The Bertz CT molecular complexity index is 1020. The smallest absolute Gasteiger partial charge is 0.220 e. The number of carbonyl (C=O) groups excluding carboxylic acids is 1. The molecule has 164 valence electrons. The molecule has 3 rings (SSSR count). The fraction of sp³-hybridized carbons (Fsp3) is 0.385. The van der Waals surface area contributed by atoms with Crippen molar-refractivity contribution in [1.29, 1.82) is 0 Å². The summed E-state index contributed by atoms with van der Waals surface area (Å²) in [6.45, 7) is 8.99. The number of methoxy groups -OCH3 is 1. The van der Waals surface area contributed by atoms with Crippen LogP contribution in [0, 0.1) is 20.8 Å². The summed E-state index contributed by atoms with van der Waals surface area (Å²) in [5.74, 6) is 0.908. The Balaban J connectivity index is 1.54. The lowest BCUT2D eigenvalue weighted by atomic mass is 10.1. The molecule has 1 atom stereocenters. The van der Waals surface area contributed by atoms with Gasteiger partial charge in [-0.3, -0.25) is 9.48 Å². The van der Waals surface area contributed by atoms with Crippen molar-refractivity contribution in [2.24, 2.45) is 0 Å². The lowest BCUT2D eigenvalue weighted by Crippen LogP contribution is -2.34. The number of hydrogen-bond donors (Lipinski definition) is 1. The molecule has 0 spiro atoms. The summed E-state index contributed by atoms with van der Waals surface area (Å²) in [6.07, 6.45) is 1.93. The summed E-state index contributed by atoms with van der Waals surface area (Å²) >= 11 is 0. The average molecular weight is 420 g/mol. The summed E-state index contributed by atoms with van der Waals surface area (Å²) in [4.78, 5) is 12.5. The maximum absolute atomic E-state index is 12.5. The lowest BCUT2D eigenvalue weighted by molar-refractivity contribution is -0.121. The Morgan fingerprint density at radius 3 is 2.55 bits per heavy atom. The maximum Gasteiger partial charge on any atom is 0.220 e. The standard InChI is InChI=1S/C26H33N3O2/c1-18-9-11-22(12-10-18)17-29-21(4)25(20(3)28-29)13-14-26(30)27-19(2)15-23-7-6-8-24(16-23)31-5/h6-12,16,19H,13-15,17H2,1-5H3,(H,27,30). The van der Waals surface area contributed by atoms with Gasteiger partial charge in [-0.15, -0.1) is 0 Å². The van der Waals surface area contributed by atoms with Crippen LogP contribution in [-0.2, 0) is 24.2 Å². The number of aryl methyl sites for hydroxylation is 2. The van der Waals surface area contributed by atoms with Gasteiger partial charge in [-0.25, -0.2) is 0 Å². The summed E-state index contributed by atoms with van der Waals surface area (Å²) < 4.78 is 7.32. The molecule has 0 aliphatic rings. The Morgan fingerprint density at radius 2 is 1.84 bits per heavy atom. The number of ether oxygens (including phenoxy) is 1. The fourth-order valence-corrected chi connectivity index (χ4v) is 3.91. The van der Waals surface area contributed by atoms with Crippen LogP contribution in [0.25, 0.3) is 0 Å². The van der Waals surface area contributed by atoms with Crippen LogP contribution < -0.4 is 10.1 Å². The van der Waals surface area contributed by atoms with Gasteiger partial charge in [0.15, 0.2) is 0 Å². The lowest BCUT2D eigenvalue weighted by Gasteiger charge is -2.14. The quantitative estimate of drug-likeness (QED) is 0.554. The molecular weight excluding hydrogens is 386 g/mol. The minimum Gasteiger partial charge on any atom is -0.497 e. The second-order valence-electron chi connectivity index (χ2n) is 8.32. The zero-order valence-electron chi connectivity index (χ0n) is 19.2. The van der Waals surface area contributed by atoms with Crippen molar-refractivity contribution in [2.75, 3.05) is 7.11 Å². The van der Waals surface area contributed by atoms with Gasteiger partial charge in [0.2, 0.25) is 5.91 Å². The Morgan fingerprint density at radius 1 is 1.10 bits per heavy atom. The largest absolute Gasteiger partial charge is 0.497 e. The number of aromatic nitrogens is 2. The van der Waals surface area contributed by atoms with Gasteiger partial charge in [-0.1, -0.05) is 42.0 Å². The number of carbonyl (C=O) groups is 1. The monoisotopic (exact) mass is 419 g/mol. The molecule has 0 aliphatic carbocycles. The van der Waals surface area contributed by atoms with Gasteiger partial charge in [0.05, 0.1) is 19.3 Å². The fourth-order valence-electron chi connectivity index (χ4n) is 3.91. The zero-order chi connectivity index (χ0) is 22.4. The van der Waals surface area contributed by atoms with Crippen molar-refractivity contribution >= 4 is 5.91 Å². The molecule has 5 nitrogen and oxygen atoms in total. The molecule has 5 heteroatoms. The summed E-state index contributed by atoms with van der Waals surface area (Å²) in [5, 5.41) is 7.83. The molecule has 0 aliphatic heterocycles. The molecular formula is C26H33N3O2. The van der Waals surface area contributed by atoms with Gasteiger partial charge in [0.25, 0.3) is 0 Å². The first-order valence-electron chi connectivity index (χ1n) is 10.9. The van der Waals surface area contributed by atoms with E-state index < -0.39 is 0 Å². The first kappa shape index (κ1) is 22.6. The maximum atomic E-state index is 12.5. The van der Waals surface area contributed by atoms with Gasteiger partial charge in [-0.05, 0) is 69.4 Å². The molecule has 0 saturated heterocycles. The second-order valence-corrected chi connectivity index (χ2v) is 8.32. The van der Waals surface area contributed by atoms with Crippen molar-refractivity contribution in [3.8, 4) is 5.75 Å². The van der Waals surface area contributed by atoms with E-state index in [1.54, 1.807) is 7.11 Å². The number of hydrogen-bond acceptors (Lipinski definition) is 3. The van der Waals surface area contributed by atoms with E-state index in [9.17, 15) is 4.79 Å². The van der Waals surface area contributed by atoms with E-state index in [0.29, 0.717) is 12.8 Å². The second kappa shape index (κ2) is 10.3. The number of amides is 1. The molecule has 31 heavy (non-hydrogen) atoms. The average Bonchev–Trinajstić information content (AvgIpc) is 3.00. The van der Waals surface area contributed by atoms with Gasteiger partial charge >= 0.3 is 0 Å². The molecule has 1 amide bonds. The van der Waals surface area contributed by atoms with E-state index in [1.165, 1.54) is 16.7 Å². The number of nitrogens with one attached hydrogen (secondary N) is 1. The van der Waals surface area contributed by atoms with E-state index in [2.05, 4.69) is 49.5 Å². The minimum atomic E-state index is 0.0612. The van der Waals surface area contributed by atoms with Crippen molar-refractivity contribution in [3.63, 3.8) is 0 Å². The molecule has 3 aromatic rings. The Hall–Kier alpha value is -3.08. The molecule has 2 aromatic carbocycles. The SMILES string of the molecule is COc1cccc(CC(C)NC(=O)CCc2c(C)nn(Cc3ccc(C)cc3)c2C)c1. The van der Waals surface area contributed by atoms with Gasteiger partial charge in [0.1, 0.15) is 5.75 Å². The normalized spacial score (nSPS) is 11.9. The zero-order valence-corrected chi connectivity index (χ0v) is 19.2.